The zero-order valence-electron chi connectivity index (χ0n) is 25.8. The highest BCUT2D eigenvalue weighted by Crippen LogP contribution is 2.47. The first-order valence-corrected chi connectivity index (χ1v) is 17.7. The van der Waals surface area contributed by atoms with Crippen molar-refractivity contribution < 1.29 is 0 Å². The quantitative estimate of drug-likeness (QED) is 0.160. The van der Waals surface area contributed by atoms with Crippen molar-refractivity contribution in [3.8, 4) is 0 Å². The molecule has 2 aliphatic heterocycles. The van der Waals surface area contributed by atoms with E-state index in [2.05, 4.69) is 42.0 Å². The number of piperidine rings is 2. The van der Waals surface area contributed by atoms with Crippen molar-refractivity contribution in [1.29, 1.82) is 0 Å². The highest BCUT2D eigenvalue weighted by Gasteiger charge is 2.58. The molecule has 4 fully saturated rings. The molecule has 0 aromatic heterocycles. The molecule has 7 atom stereocenters. The largest absolute Gasteiger partial charge is 0.312 e. The molecule has 0 amide bonds. The normalized spacial score (nSPS) is 34.2. The minimum Gasteiger partial charge on any atom is -0.312 e. The van der Waals surface area contributed by atoms with Crippen molar-refractivity contribution in [1.82, 2.24) is 21.3 Å². The van der Waals surface area contributed by atoms with Gasteiger partial charge in [-0.2, -0.15) is 0 Å². The summed E-state index contributed by atoms with van der Waals surface area (Å²) in [7, 11) is 0. The van der Waals surface area contributed by atoms with E-state index < -0.39 is 0 Å². The van der Waals surface area contributed by atoms with E-state index in [1.807, 2.05) is 0 Å². The molecule has 4 aliphatic rings. The molecule has 0 radical (unpaired) electrons. The van der Waals surface area contributed by atoms with E-state index in [9.17, 15) is 0 Å². The predicted octanol–water partition coefficient (Wildman–Crippen LogP) is 7.18. The first-order chi connectivity index (χ1) is 18.8. The van der Waals surface area contributed by atoms with Crippen molar-refractivity contribution in [2.75, 3.05) is 26.2 Å². The highest BCUT2D eigenvalue weighted by molar-refractivity contribution is 5.19. The van der Waals surface area contributed by atoms with Crippen LogP contribution >= 0.6 is 0 Å². The molecule has 0 aromatic rings. The molecule has 4 N–H and O–H groups in total. The van der Waals surface area contributed by atoms with Crippen molar-refractivity contribution >= 4 is 0 Å². The van der Waals surface area contributed by atoms with Crippen LogP contribution in [0.1, 0.15) is 143 Å². The summed E-state index contributed by atoms with van der Waals surface area (Å²) in [4.78, 5) is 0. The SMILES string of the molecule is CCCCCCCCC(NCCC)C(NCCC)(C1NCCC2CCCCC21)C1NCCC2CCCCC21. The summed E-state index contributed by atoms with van der Waals surface area (Å²) in [6, 6.07) is 1.71. The zero-order valence-corrected chi connectivity index (χ0v) is 25.8. The Hall–Kier alpha value is -0.160. The molecule has 0 aromatic carbocycles. The molecule has 2 saturated carbocycles. The van der Waals surface area contributed by atoms with Gasteiger partial charge < -0.3 is 21.3 Å². The van der Waals surface area contributed by atoms with Crippen LogP contribution in [0.25, 0.3) is 0 Å². The van der Waals surface area contributed by atoms with E-state index in [0.29, 0.717) is 18.1 Å². The van der Waals surface area contributed by atoms with Crippen molar-refractivity contribution in [3.05, 3.63) is 0 Å². The summed E-state index contributed by atoms with van der Waals surface area (Å²) in [6.45, 7) is 11.8. The lowest BCUT2D eigenvalue weighted by Gasteiger charge is -2.61. The third kappa shape index (κ3) is 7.37. The van der Waals surface area contributed by atoms with Gasteiger partial charge in [0.15, 0.2) is 0 Å². The van der Waals surface area contributed by atoms with Gasteiger partial charge in [0.25, 0.3) is 0 Å². The van der Waals surface area contributed by atoms with Crippen LogP contribution in [0, 0.1) is 23.7 Å². The van der Waals surface area contributed by atoms with Crippen LogP contribution in [0.15, 0.2) is 0 Å². The molecule has 2 aliphatic carbocycles. The molecule has 4 rings (SSSR count). The summed E-state index contributed by atoms with van der Waals surface area (Å²) in [5.41, 5.74) is 0.0932. The number of rotatable bonds is 16. The Kier molecular flexibility index (Phi) is 13.2. The fourth-order valence-corrected chi connectivity index (χ4v) is 9.53. The van der Waals surface area contributed by atoms with Crippen LogP contribution in [0.2, 0.25) is 0 Å². The molecule has 4 nitrogen and oxygen atoms in total. The highest BCUT2D eigenvalue weighted by atomic mass is 15.2. The third-order valence-electron chi connectivity index (χ3n) is 11.3. The fourth-order valence-electron chi connectivity index (χ4n) is 9.53. The molecular weight excluding hydrogens is 464 g/mol. The van der Waals surface area contributed by atoms with E-state index in [-0.39, 0.29) is 5.54 Å². The average Bonchev–Trinajstić information content (AvgIpc) is 2.97. The van der Waals surface area contributed by atoms with Gasteiger partial charge >= 0.3 is 0 Å². The summed E-state index contributed by atoms with van der Waals surface area (Å²) in [5, 5.41) is 17.3. The number of hydrogen-bond donors (Lipinski definition) is 4. The van der Waals surface area contributed by atoms with Crippen molar-refractivity contribution in [2.24, 2.45) is 23.7 Å². The second-order valence-electron chi connectivity index (χ2n) is 13.8. The molecule has 4 heteroatoms. The van der Waals surface area contributed by atoms with Gasteiger partial charge in [0.05, 0.1) is 5.54 Å². The molecule has 2 heterocycles. The van der Waals surface area contributed by atoms with Crippen LogP contribution in [-0.4, -0.2) is 49.8 Å². The van der Waals surface area contributed by atoms with Crippen molar-refractivity contribution in [3.63, 3.8) is 0 Å². The zero-order chi connectivity index (χ0) is 26.6. The third-order valence-corrected chi connectivity index (χ3v) is 11.3. The molecule has 2 saturated heterocycles. The maximum atomic E-state index is 4.47. The lowest BCUT2D eigenvalue weighted by Crippen LogP contribution is -2.81. The van der Waals surface area contributed by atoms with Crippen LogP contribution in [-0.2, 0) is 0 Å². The Bertz CT molecular complexity index is 600. The van der Waals surface area contributed by atoms with Crippen LogP contribution in [0.4, 0.5) is 0 Å². The smallest absolute Gasteiger partial charge is 0.0651 e. The molecule has 0 bridgehead atoms. The van der Waals surface area contributed by atoms with Gasteiger partial charge in [0.2, 0.25) is 0 Å². The Morgan fingerprint density at radius 2 is 1.18 bits per heavy atom. The predicted molar refractivity (Wildman–Crippen MR) is 165 cm³/mol. The number of unbranched alkanes of at least 4 members (excludes halogenated alkanes) is 5. The van der Waals surface area contributed by atoms with Gasteiger partial charge in [-0.1, -0.05) is 97.8 Å². The van der Waals surface area contributed by atoms with Crippen LogP contribution < -0.4 is 21.3 Å². The Morgan fingerprint density at radius 1 is 0.632 bits per heavy atom. The van der Waals surface area contributed by atoms with E-state index in [4.69, 9.17) is 0 Å². The number of nitrogens with one attached hydrogen (secondary N) is 4. The molecule has 38 heavy (non-hydrogen) atoms. The summed E-state index contributed by atoms with van der Waals surface area (Å²) >= 11 is 0. The average molecular weight is 531 g/mol. The Labute approximate surface area is 237 Å². The van der Waals surface area contributed by atoms with Gasteiger partial charge in [-0.05, 0) is 94.8 Å². The molecule has 7 unspecified atom stereocenters. The first-order valence-electron chi connectivity index (χ1n) is 17.7. The Morgan fingerprint density at radius 3 is 1.76 bits per heavy atom. The van der Waals surface area contributed by atoms with Gasteiger partial charge in [-0.15, -0.1) is 0 Å². The topological polar surface area (TPSA) is 48.1 Å². The van der Waals surface area contributed by atoms with E-state index in [1.165, 1.54) is 135 Å². The van der Waals surface area contributed by atoms with E-state index in [0.717, 1.165) is 36.8 Å². The van der Waals surface area contributed by atoms with E-state index >= 15 is 0 Å². The molecular formula is C34H66N4. The Balaban J connectivity index is 1.70. The number of fused-ring (bicyclic) bond motifs is 2. The monoisotopic (exact) mass is 531 g/mol. The number of hydrogen-bond acceptors (Lipinski definition) is 4. The minimum atomic E-state index is 0.0932. The lowest BCUT2D eigenvalue weighted by atomic mass is 9.57. The molecule has 222 valence electrons. The van der Waals surface area contributed by atoms with Gasteiger partial charge in [-0.3, -0.25) is 0 Å². The van der Waals surface area contributed by atoms with Gasteiger partial charge in [0, 0.05) is 18.1 Å². The van der Waals surface area contributed by atoms with E-state index in [1.54, 1.807) is 0 Å². The van der Waals surface area contributed by atoms with Gasteiger partial charge in [0.1, 0.15) is 0 Å². The first kappa shape index (κ1) is 30.8. The lowest BCUT2D eigenvalue weighted by molar-refractivity contribution is -0.0192. The van der Waals surface area contributed by atoms with Crippen LogP contribution in [0.3, 0.4) is 0 Å². The van der Waals surface area contributed by atoms with Crippen molar-refractivity contribution in [2.45, 2.75) is 166 Å². The van der Waals surface area contributed by atoms with Crippen LogP contribution in [0.5, 0.6) is 0 Å². The maximum Gasteiger partial charge on any atom is 0.0651 e. The summed E-state index contributed by atoms with van der Waals surface area (Å²) in [5.74, 6) is 3.54. The van der Waals surface area contributed by atoms with Gasteiger partial charge in [-0.25, -0.2) is 0 Å². The molecule has 0 spiro atoms. The second-order valence-corrected chi connectivity index (χ2v) is 13.8. The summed E-state index contributed by atoms with van der Waals surface area (Å²) < 4.78 is 0. The summed E-state index contributed by atoms with van der Waals surface area (Å²) in [6.07, 6.45) is 26.6. The standard InChI is InChI=1S/C34H66N4/c1-4-7-8-9-10-11-20-31(35-23-5-2)34(38-24-6-3,32-29-18-14-12-16-27(29)21-25-36-32)33-30-19-15-13-17-28(30)22-26-37-33/h27-33,35-38H,4-26H2,1-3H3. The minimum absolute atomic E-state index is 0.0932. The maximum absolute atomic E-state index is 4.47. The fraction of sp³-hybridized carbons (Fsp3) is 1.00. The second kappa shape index (κ2) is 16.3.